The van der Waals surface area contributed by atoms with Gasteiger partial charge in [-0.05, 0) is 25.1 Å². The van der Waals surface area contributed by atoms with Gasteiger partial charge in [0.15, 0.2) is 0 Å². The molecule has 4 nitrogen and oxygen atoms in total. The largest absolute Gasteiger partial charge is 0.319 e. The molecule has 0 amide bonds. The van der Waals surface area contributed by atoms with E-state index in [2.05, 4.69) is 20.1 Å². The van der Waals surface area contributed by atoms with E-state index in [4.69, 9.17) is 0 Å². The van der Waals surface area contributed by atoms with Gasteiger partial charge in [-0.15, -0.1) is 5.10 Å². The highest BCUT2D eigenvalue weighted by molar-refractivity contribution is 7.05. The van der Waals surface area contributed by atoms with E-state index in [0.717, 1.165) is 11.6 Å². The highest BCUT2D eigenvalue weighted by atomic mass is 32.1. The van der Waals surface area contributed by atoms with E-state index in [-0.39, 0.29) is 5.41 Å². The molecule has 0 bridgehead atoms. The van der Waals surface area contributed by atoms with Gasteiger partial charge in [-0.2, -0.15) is 0 Å². The molecule has 1 fully saturated rings. The maximum Gasteiger partial charge on any atom is 0.145 e. The molecule has 0 aromatic carbocycles. The molecule has 0 spiro atoms. The third kappa shape index (κ3) is 1.13. The Labute approximate surface area is 75.5 Å². The highest BCUT2D eigenvalue weighted by Gasteiger charge is 2.41. The van der Waals surface area contributed by atoms with Gasteiger partial charge in [0.1, 0.15) is 5.01 Å². The fraction of sp³-hybridized carbons (Fsp3) is 0.857. The van der Waals surface area contributed by atoms with Gasteiger partial charge in [-0.1, -0.05) is 10.9 Å². The van der Waals surface area contributed by atoms with Gasteiger partial charge < -0.3 is 5.32 Å². The van der Waals surface area contributed by atoms with Crippen LogP contribution in [0.15, 0.2) is 0 Å². The van der Waals surface area contributed by atoms with E-state index < -0.39 is 0 Å². The van der Waals surface area contributed by atoms with E-state index in [9.17, 15) is 0 Å². The Morgan fingerprint density at radius 1 is 1.58 bits per heavy atom. The van der Waals surface area contributed by atoms with E-state index in [1.54, 1.807) is 0 Å². The Kier molecular flexibility index (Phi) is 2.06. The van der Waals surface area contributed by atoms with Crippen LogP contribution in [0.2, 0.25) is 0 Å². The molecule has 1 aromatic rings. The first-order valence-corrected chi connectivity index (χ1v) is 4.95. The smallest absolute Gasteiger partial charge is 0.145 e. The van der Waals surface area contributed by atoms with E-state index >= 15 is 0 Å². The molecule has 1 aliphatic rings. The van der Waals surface area contributed by atoms with E-state index in [1.165, 1.54) is 30.8 Å². The van der Waals surface area contributed by atoms with Crippen molar-refractivity contribution in [1.82, 2.24) is 20.1 Å². The van der Waals surface area contributed by atoms with Gasteiger partial charge in [0.05, 0.1) is 0 Å². The maximum absolute atomic E-state index is 4.05. The molecule has 0 atom stereocenters. The summed E-state index contributed by atoms with van der Waals surface area (Å²) >= 11 is 1.43. The number of aromatic nitrogens is 3. The van der Waals surface area contributed by atoms with Gasteiger partial charge in [-0.3, -0.25) is 0 Å². The topological polar surface area (TPSA) is 50.7 Å². The summed E-state index contributed by atoms with van der Waals surface area (Å²) in [6, 6.07) is 0. The SMILES string of the molecule is CNCC1(c2nnns2)CCC1. The molecule has 1 aromatic heterocycles. The molecule has 1 saturated carbocycles. The molecule has 0 saturated heterocycles. The van der Waals surface area contributed by atoms with Crippen LogP contribution in [0.25, 0.3) is 0 Å². The first-order chi connectivity index (χ1) is 5.87. The first-order valence-electron chi connectivity index (χ1n) is 4.17. The van der Waals surface area contributed by atoms with Crippen molar-refractivity contribution in [1.29, 1.82) is 0 Å². The summed E-state index contributed by atoms with van der Waals surface area (Å²) in [7, 11) is 1.98. The van der Waals surface area contributed by atoms with Gasteiger partial charge >= 0.3 is 0 Å². The van der Waals surface area contributed by atoms with Gasteiger partial charge in [-0.25, -0.2) is 0 Å². The Bertz CT molecular complexity index is 242. The summed E-state index contributed by atoms with van der Waals surface area (Å²) in [5, 5.41) is 12.0. The zero-order valence-electron chi connectivity index (χ0n) is 7.08. The second kappa shape index (κ2) is 3.06. The number of likely N-dealkylation sites (N-methyl/N-ethyl adjacent to an activating group) is 1. The predicted octanol–water partition coefficient (Wildman–Crippen LogP) is 0.574. The van der Waals surface area contributed by atoms with Crippen molar-refractivity contribution in [2.45, 2.75) is 24.7 Å². The number of nitrogens with zero attached hydrogens (tertiary/aromatic N) is 3. The van der Waals surface area contributed by atoms with Crippen LogP contribution in [0.3, 0.4) is 0 Å². The lowest BCUT2D eigenvalue weighted by Gasteiger charge is -2.39. The summed E-state index contributed by atoms with van der Waals surface area (Å²) in [5.74, 6) is 0. The summed E-state index contributed by atoms with van der Waals surface area (Å²) in [6.45, 7) is 1.00. The average molecular weight is 184 g/mol. The van der Waals surface area contributed by atoms with E-state index in [1.807, 2.05) is 7.05 Å². The van der Waals surface area contributed by atoms with Crippen molar-refractivity contribution in [3.05, 3.63) is 5.01 Å². The summed E-state index contributed by atoms with van der Waals surface area (Å²) in [5.41, 5.74) is 0.267. The van der Waals surface area contributed by atoms with Crippen molar-refractivity contribution < 1.29 is 0 Å². The van der Waals surface area contributed by atoms with Crippen LogP contribution in [0, 0.1) is 0 Å². The second-order valence-corrected chi connectivity index (χ2v) is 4.06. The van der Waals surface area contributed by atoms with Gasteiger partial charge in [0, 0.05) is 23.5 Å². The molecule has 1 heterocycles. The zero-order valence-corrected chi connectivity index (χ0v) is 7.89. The van der Waals surface area contributed by atoms with E-state index in [0.29, 0.717) is 0 Å². The molecule has 1 N–H and O–H groups in total. The van der Waals surface area contributed by atoms with Gasteiger partial charge in [0.2, 0.25) is 0 Å². The molecule has 0 aliphatic heterocycles. The van der Waals surface area contributed by atoms with Crippen molar-refractivity contribution in [3.63, 3.8) is 0 Å². The molecule has 12 heavy (non-hydrogen) atoms. The van der Waals surface area contributed by atoms with Crippen LogP contribution in [0.5, 0.6) is 0 Å². The quantitative estimate of drug-likeness (QED) is 0.746. The fourth-order valence-electron chi connectivity index (χ4n) is 1.75. The van der Waals surface area contributed by atoms with Crippen molar-refractivity contribution >= 4 is 11.5 Å². The molecular weight excluding hydrogens is 172 g/mol. The maximum atomic E-state index is 4.05. The minimum atomic E-state index is 0.267. The third-order valence-electron chi connectivity index (χ3n) is 2.58. The summed E-state index contributed by atoms with van der Waals surface area (Å²) in [6.07, 6.45) is 3.76. The van der Waals surface area contributed by atoms with Crippen molar-refractivity contribution in [2.75, 3.05) is 13.6 Å². The summed E-state index contributed by atoms with van der Waals surface area (Å²) in [4.78, 5) is 0. The van der Waals surface area contributed by atoms with Crippen molar-refractivity contribution in [3.8, 4) is 0 Å². The lowest BCUT2D eigenvalue weighted by atomic mass is 9.69. The standard InChI is InChI=1S/C7H12N4S/c1-8-5-7(3-2-4-7)6-9-10-11-12-6/h8H,2-5H2,1H3. The molecule has 66 valence electrons. The third-order valence-corrected chi connectivity index (χ3v) is 3.42. The fourth-order valence-corrected chi connectivity index (χ4v) is 2.44. The molecule has 0 radical (unpaired) electrons. The Morgan fingerprint density at radius 2 is 2.42 bits per heavy atom. The number of hydrogen-bond donors (Lipinski definition) is 1. The zero-order chi connectivity index (χ0) is 8.44. The highest BCUT2D eigenvalue weighted by Crippen LogP contribution is 2.43. The van der Waals surface area contributed by atoms with Crippen LogP contribution in [0.1, 0.15) is 24.3 Å². The molecule has 2 rings (SSSR count). The van der Waals surface area contributed by atoms with Gasteiger partial charge in [0.25, 0.3) is 0 Å². The Hall–Kier alpha value is -0.550. The normalized spacial score (nSPS) is 20.4. The lowest BCUT2D eigenvalue weighted by Crippen LogP contribution is -2.42. The summed E-state index contributed by atoms with van der Waals surface area (Å²) < 4.78 is 3.81. The second-order valence-electron chi connectivity index (χ2n) is 3.33. The van der Waals surface area contributed by atoms with Crippen LogP contribution in [0.4, 0.5) is 0 Å². The van der Waals surface area contributed by atoms with Crippen molar-refractivity contribution in [2.24, 2.45) is 0 Å². The lowest BCUT2D eigenvalue weighted by molar-refractivity contribution is 0.237. The number of hydrogen-bond acceptors (Lipinski definition) is 5. The predicted molar refractivity (Wildman–Crippen MR) is 47.2 cm³/mol. The molecular formula is C7H12N4S. The number of rotatable bonds is 3. The Balaban J connectivity index is 2.17. The van der Waals surface area contributed by atoms with Crippen LogP contribution < -0.4 is 5.32 Å². The minimum Gasteiger partial charge on any atom is -0.319 e. The average Bonchev–Trinajstić information content (AvgIpc) is 2.48. The Morgan fingerprint density at radius 3 is 2.83 bits per heavy atom. The first kappa shape index (κ1) is 8.07. The number of nitrogens with one attached hydrogen (secondary N) is 1. The minimum absolute atomic E-state index is 0.267. The van der Waals surface area contributed by atoms with Crippen LogP contribution in [-0.4, -0.2) is 28.4 Å². The molecule has 0 unspecified atom stereocenters. The van der Waals surface area contributed by atoms with Crippen LogP contribution >= 0.6 is 11.5 Å². The molecule has 5 heteroatoms. The van der Waals surface area contributed by atoms with Crippen LogP contribution in [-0.2, 0) is 5.41 Å². The monoisotopic (exact) mass is 184 g/mol. The molecule has 1 aliphatic carbocycles.